The number of imidazole rings is 1. The molecule has 1 aromatic heterocycles. The quantitative estimate of drug-likeness (QED) is 0.272. The Kier molecular flexibility index (Phi) is 7.03. The lowest BCUT2D eigenvalue weighted by molar-refractivity contribution is -0.121. The van der Waals surface area contributed by atoms with E-state index in [1.54, 1.807) is 6.92 Å². The normalized spacial score (nSPS) is 17.2. The van der Waals surface area contributed by atoms with Gasteiger partial charge in [-0.15, -0.1) is 0 Å². The van der Waals surface area contributed by atoms with E-state index < -0.39 is 4.75 Å². The van der Waals surface area contributed by atoms with Crippen LogP contribution < -0.4 is 20.1 Å². The van der Waals surface area contributed by atoms with Crippen molar-refractivity contribution < 1.29 is 19.1 Å². The Morgan fingerprint density at radius 3 is 2.34 bits per heavy atom. The van der Waals surface area contributed by atoms with Crippen LogP contribution in [0.5, 0.6) is 17.2 Å². The number of nitrogens with one attached hydrogen (secondary N) is 2. The Bertz CT molecular complexity index is 1480. The van der Waals surface area contributed by atoms with Gasteiger partial charge in [0, 0.05) is 24.8 Å². The first-order valence-corrected chi connectivity index (χ1v) is 13.3. The minimum atomic E-state index is -0.788. The molecular formula is C29H30N4O4S. The molecule has 2 N–H and O–H groups in total. The SMILES string of the molecule is CC(C)Nc1ccc(Oc2ccc3nc(COc4ccc(CC5(C)SC(=O)NC5=O)cc4)n(C)c3c2)cc1. The highest BCUT2D eigenvalue weighted by Gasteiger charge is 2.43. The first kappa shape index (κ1) is 25.7. The van der Waals surface area contributed by atoms with Crippen LogP contribution in [-0.4, -0.2) is 31.5 Å². The summed E-state index contributed by atoms with van der Waals surface area (Å²) in [6.07, 6.45) is 0.462. The molecule has 0 radical (unpaired) electrons. The molecule has 1 aliphatic heterocycles. The van der Waals surface area contributed by atoms with Crippen LogP contribution >= 0.6 is 11.8 Å². The maximum absolute atomic E-state index is 12.1. The molecule has 0 aliphatic carbocycles. The Morgan fingerprint density at radius 2 is 1.68 bits per heavy atom. The second-order valence-electron chi connectivity index (χ2n) is 9.85. The molecule has 2 heterocycles. The number of hydrogen-bond donors (Lipinski definition) is 2. The molecule has 0 saturated carbocycles. The van der Waals surface area contributed by atoms with Crippen LogP contribution in [0.2, 0.25) is 0 Å². The number of hydrogen-bond acceptors (Lipinski definition) is 7. The average Bonchev–Trinajstić information content (AvgIpc) is 3.32. The van der Waals surface area contributed by atoms with Crippen LogP contribution in [-0.2, 0) is 24.9 Å². The van der Waals surface area contributed by atoms with E-state index in [1.165, 1.54) is 0 Å². The van der Waals surface area contributed by atoms with Gasteiger partial charge in [0.05, 0.1) is 11.0 Å². The standard InChI is InChI=1S/C29H30N4O4S/c1-18(2)30-20-7-11-22(12-8-20)37-23-13-14-24-25(15-23)33(4)26(31-24)17-36-21-9-5-19(6-10-21)16-29(3)27(34)32-28(35)38-29/h5-15,18,30H,16-17H2,1-4H3,(H,32,34,35). The first-order chi connectivity index (χ1) is 18.2. The van der Waals surface area contributed by atoms with E-state index in [0.717, 1.165) is 51.4 Å². The van der Waals surface area contributed by atoms with Crippen LogP contribution in [0.1, 0.15) is 32.2 Å². The van der Waals surface area contributed by atoms with E-state index in [0.29, 0.717) is 24.8 Å². The molecule has 196 valence electrons. The zero-order chi connectivity index (χ0) is 26.9. The highest BCUT2D eigenvalue weighted by molar-refractivity contribution is 8.16. The van der Waals surface area contributed by atoms with Gasteiger partial charge < -0.3 is 19.4 Å². The van der Waals surface area contributed by atoms with E-state index in [4.69, 9.17) is 14.5 Å². The molecule has 8 nitrogen and oxygen atoms in total. The van der Waals surface area contributed by atoms with Gasteiger partial charge in [0.2, 0.25) is 5.91 Å². The number of carbonyl (C=O) groups is 2. The van der Waals surface area contributed by atoms with Crippen molar-refractivity contribution in [1.82, 2.24) is 14.9 Å². The predicted molar refractivity (Wildman–Crippen MR) is 150 cm³/mol. The molecule has 0 bridgehead atoms. The maximum atomic E-state index is 12.1. The van der Waals surface area contributed by atoms with E-state index in [2.05, 4.69) is 24.5 Å². The van der Waals surface area contributed by atoms with Gasteiger partial charge in [0.25, 0.3) is 5.24 Å². The summed E-state index contributed by atoms with van der Waals surface area (Å²) in [5.41, 5.74) is 3.82. The number of nitrogens with zero attached hydrogens (tertiary/aromatic N) is 2. The first-order valence-electron chi connectivity index (χ1n) is 12.4. The number of thioether (sulfide) groups is 1. The average molecular weight is 531 g/mol. The van der Waals surface area contributed by atoms with Crippen LogP contribution in [0.25, 0.3) is 11.0 Å². The molecule has 38 heavy (non-hydrogen) atoms. The summed E-state index contributed by atoms with van der Waals surface area (Å²) >= 11 is 1.04. The number of anilines is 1. The molecule has 1 saturated heterocycles. The third-order valence-electron chi connectivity index (χ3n) is 6.34. The van der Waals surface area contributed by atoms with Gasteiger partial charge in [-0.3, -0.25) is 14.9 Å². The molecule has 0 spiro atoms. The Balaban J connectivity index is 1.22. The van der Waals surface area contributed by atoms with E-state index in [-0.39, 0.29) is 11.1 Å². The van der Waals surface area contributed by atoms with Crippen molar-refractivity contribution in [2.24, 2.45) is 7.05 Å². The smallest absolute Gasteiger partial charge is 0.286 e. The van der Waals surface area contributed by atoms with Gasteiger partial charge in [0.15, 0.2) is 0 Å². The van der Waals surface area contributed by atoms with E-state index in [1.807, 2.05) is 78.3 Å². The Labute approximate surface area is 225 Å². The van der Waals surface area contributed by atoms with Crippen molar-refractivity contribution in [2.75, 3.05) is 5.32 Å². The summed E-state index contributed by atoms with van der Waals surface area (Å²) in [6, 6.07) is 21.7. The largest absolute Gasteiger partial charge is 0.486 e. The maximum Gasteiger partial charge on any atom is 0.286 e. The van der Waals surface area contributed by atoms with Crippen molar-refractivity contribution in [2.45, 2.75) is 44.6 Å². The van der Waals surface area contributed by atoms with E-state index >= 15 is 0 Å². The fraction of sp³-hybridized carbons (Fsp3) is 0.276. The third kappa shape index (κ3) is 5.62. The molecule has 9 heteroatoms. The minimum absolute atomic E-state index is 0.250. The number of imide groups is 1. The summed E-state index contributed by atoms with van der Waals surface area (Å²) in [5.74, 6) is 2.73. The van der Waals surface area contributed by atoms with Crippen LogP contribution in [0.15, 0.2) is 66.7 Å². The molecule has 1 fully saturated rings. The predicted octanol–water partition coefficient (Wildman–Crippen LogP) is 6.05. The second kappa shape index (κ2) is 10.4. The van der Waals surface area contributed by atoms with Gasteiger partial charge in [-0.1, -0.05) is 12.1 Å². The molecule has 1 aliphatic rings. The fourth-order valence-corrected chi connectivity index (χ4v) is 5.29. The fourth-order valence-electron chi connectivity index (χ4n) is 4.36. The van der Waals surface area contributed by atoms with Crippen molar-refractivity contribution in [3.63, 3.8) is 0 Å². The molecule has 5 rings (SSSR count). The van der Waals surface area contributed by atoms with Gasteiger partial charge in [-0.25, -0.2) is 4.98 Å². The number of rotatable bonds is 9. The summed E-state index contributed by atoms with van der Waals surface area (Å²) in [6.45, 7) is 6.29. The zero-order valence-electron chi connectivity index (χ0n) is 21.8. The number of carbonyl (C=O) groups excluding carboxylic acids is 2. The Morgan fingerprint density at radius 1 is 1.00 bits per heavy atom. The molecule has 4 aromatic rings. The van der Waals surface area contributed by atoms with Gasteiger partial charge in [-0.05, 0) is 93.0 Å². The lowest BCUT2D eigenvalue weighted by atomic mass is 9.99. The number of benzene rings is 3. The lowest BCUT2D eigenvalue weighted by Gasteiger charge is -2.18. The van der Waals surface area contributed by atoms with Gasteiger partial charge in [-0.2, -0.15) is 0 Å². The number of amides is 2. The van der Waals surface area contributed by atoms with E-state index in [9.17, 15) is 9.59 Å². The Hall–Kier alpha value is -3.98. The van der Waals surface area contributed by atoms with Crippen molar-refractivity contribution in [3.8, 4) is 17.2 Å². The second-order valence-corrected chi connectivity index (χ2v) is 11.3. The topological polar surface area (TPSA) is 94.5 Å². The number of fused-ring (bicyclic) bond motifs is 1. The molecular weight excluding hydrogens is 500 g/mol. The summed E-state index contributed by atoms with van der Waals surface area (Å²) in [5, 5.41) is 5.43. The monoisotopic (exact) mass is 530 g/mol. The highest BCUT2D eigenvalue weighted by atomic mass is 32.2. The minimum Gasteiger partial charge on any atom is -0.486 e. The number of ether oxygens (including phenoxy) is 2. The number of aromatic nitrogens is 2. The summed E-state index contributed by atoms with van der Waals surface area (Å²) in [4.78, 5) is 28.4. The summed E-state index contributed by atoms with van der Waals surface area (Å²) < 4.78 is 13.3. The third-order valence-corrected chi connectivity index (χ3v) is 7.40. The number of aryl methyl sites for hydroxylation is 1. The zero-order valence-corrected chi connectivity index (χ0v) is 22.6. The van der Waals surface area contributed by atoms with Gasteiger partial charge in [0.1, 0.15) is 34.4 Å². The lowest BCUT2D eigenvalue weighted by Crippen LogP contribution is -2.35. The van der Waals surface area contributed by atoms with Crippen LogP contribution in [0.4, 0.5) is 10.5 Å². The molecule has 1 atom stereocenters. The van der Waals surface area contributed by atoms with Gasteiger partial charge >= 0.3 is 0 Å². The summed E-state index contributed by atoms with van der Waals surface area (Å²) in [7, 11) is 1.96. The molecule has 1 unspecified atom stereocenters. The van der Waals surface area contributed by atoms with Crippen molar-refractivity contribution in [1.29, 1.82) is 0 Å². The van der Waals surface area contributed by atoms with Crippen molar-refractivity contribution >= 4 is 39.6 Å². The van der Waals surface area contributed by atoms with Crippen LogP contribution in [0, 0.1) is 0 Å². The van der Waals surface area contributed by atoms with Crippen LogP contribution in [0.3, 0.4) is 0 Å². The molecule has 3 aromatic carbocycles. The molecule has 2 amide bonds. The van der Waals surface area contributed by atoms with Crippen molar-refractivity contribution in [3.05, 3.63) is 78.1 Å². The highest BCUT2D eigenvalue weighted by Crippen LogP contribution is 2.35.